The summed E-state index contributed by atoms with van der Waals surface area (Å²) in [6, 6.07) is 16.0. The zero-order valence-corrected chi connectivity index (χ0v) is 13.6. The fraction of sp³-hybridized carbons (Fsp3) is 0.105. The van der Waals surface area contributed by atoms with Crippen molar-refractivity contribution in [2.24, 2.45) is 0 Å². The fourth-order valence-corrected chi connectivity index (χ4v) is 2.52. The van der Waals surface area contributed by atoms with Crippen molar-refractivity contribution in [2.75, 3.05) is 12.4 Å². The standard InChI is InChI=1S/C19H16N2O4/c1-25-19(24)15-7-9-18(23)21(11-15)12-17(22)20-16-8-6-13-4-2-3-5-14(13)10-16/h2-11H,12H2,1H3,(H,20,22). The highest BCUT2D eigenvalue weighted by atomic mass is 16.5. The van der Waals surface area contributed by atoms with Gasteiger partial charge in [-0.05, 0) is 29.0 Å². The number of carbonyl (C=O) groups is 2. The number of esters is 1. The van der Waals surface area contributed by atoms with E-state index < -0.39 is 5.97 Å². The number of fused-ring (bicyclic) bond motifs is 1. The molecule has 3 rings (SSSR count). The normalized spacial score (nSPS) is 10.4. The van der Waals surface area contributed by atoms with E-state index in [1.165, 1.54) is 30.0 Å². The fourth-order valence-electron chi connectivity index (χ4n) is 2.52. The predicted molar refractivity (Wildman–Crippen MR) is 94.6 cm³/mol. The summed E-state index contributed by atoms with van der Waals surface area (Å²) in [5.74, 6) is -0.928. The Hall–Kier alpha value is -3.41. The van der Waals surface area contributed by atoms with Crippen LogP contribution >= 0.6 is 0 Å². The van der Waals surface area contributed by atoms with E-state index in [0.717, 1.165) is 10.8 Å². The number of hydrogen-bond donors (Lipinski definition) is 1. The Labute approximate surface area is 143 Å². The summed E-state index contributed by atoms with van der Waals surface area (Å²) in [5, 5.41) is 4.83. The maximum atomic E-state index is 12.2. The summed E-state index contributed by atoms with van der Waals surface area (Å²) in [4.78, 5) is 35.6. The van der Waals surface area contributed by atoms with Gasteiger partial charge in [-0.15, -0.1) is 0 Å². The Balaban J connectivity index is 1.77. The Morgan fingerprint density at radius 3 is 2.56 bits per heavy atom. The van der Waals surface area contributed by atoms with Crippen LogP contribution in [0.5, 0.6) is 0 Å². The number of amides is 1. The van der Waals surface area contributed by atoms with Crippen molar-refractivity contribution in [3.63, 3.8) is 0 Å². The van der Waals surface area contributed by atoms with Crippen LogP contribution in [0.1, 0.15) is 10.4 Å². The second-order valence-corrected chi connectivity index (χ2v) is 5.49. The summed E-state index contributed by atoms with van der Waals surface area (Å²) in [5.41, 5.74) is 0.475. The molecule has 0 aliphatic carbocycles. The van der Waals surface area contributed by atoms with Gasteiger partial charge in [-0.3, -0.25) is 9.59 Å². The molecule has 0 saturated heterocycles. The summed E-state index contributed by atoms with van der Waals surface area (Å²) in [7, 11) is 1.25. The van der Waals surface area contributed by atoms with Gasteiger partial charge in [0.2, 0.25) is 5.91 Å². The number of aromatic nitrogens is 1. The topological polar surface area (TPSA) is 77.4 Å². The molecule has 0 bridgehead atoms. The van der Waals surface area contributed by atoms with Gasteiger partial charge in [-0.25, -0.2) is 4.79 Å². The molecule has 1 N–H and O–H groups in total. The molecule has 0 saturated carbocycles. The minimum absolute atomic E-state index is 0.198. The van der Waals surface area contributed by atoms with Gasteiger partial charge in [0, 0.05) is 18.0 Å². The highest BCUT2D eigenvalue weighted by Crippen LogP contribution is 2.18. The summed E-state index contributed by atoms with van der Waals surface area (Å²) < 4.78 is 5.79. The van der Waals surface area contributed by atoms with Crippen LogP contribution in [0.2, 0.25) is 0 Å². The van der Waals surface area contributed by atoms with Crippen molar-refractivity contribution in [3.8, 4) is 0 Å². The van der Waals surface area contributed by atoms with Crippen LogP contribution in [-0.4, -0.2) is 23.6 Å². The quantitative estimate of drug-likeness (QED) is 0.742. The van der Waals surface area contributed by atoms with Crippen molar-refractivity contribution in [1.29, 1.82) is 0 Å². The highest BCUT2D eigenvalue weighted by Gasteiger charge is 2.10. The van der Waals surface area contributed by atoms with Gasteiger partial charge in [0.05, 0.1) is 12.7 Å². The molecule has 2 aromatic carbocycles. The van der Waals surface area contributed by atoms with Gasteiger partial charge in [-0.1, -0.05) is 30.3 Å². The van der Waals surface area contributed by atoms with Gasteiger partial charge in [0.25, 0.3) is 5.56 Å². The van der Waals surface area contributed by atoms with Gasteiger partial charge in [0.15, 0.2) is 0 Å². The molecule has 6 nitrogen and oxygen atoms in total. The number of carbonyl (C=O) groups excluding carboxylic acids is 2. The summed E-state index contributed by atoms with van der Waals surface area (Å²) in [6.45, 7) is -0.198. The van der Waals surface area contributed by atoms with Crippen molar-refractivity contribution < 1.29 is 14.3 Å². The van der Waals surface area contributed by atoms with Crippen LogP contribution in [0.15, 0.2) is 65.6 Å². The Kier molecular flexibility index (Phi) is 4.61. The van der Waals surface area contributed by atoms with E-state index in [0.29, 0.717) is 5.69 Å². The summed E-state index contributed by atoms with van der Waals surface area (Å²) in [6.07, 6.45) is 1.31. The van der Waals surface area contributed by atoms with Crippen molar-refractivity contribution >= 4 is 28.3 Å². The first-order chi connectivity index (χ1) is 12.1. The lowest BCUT2D eigenvalue weighted by Crippen LogP contribution is -2.27. The average molecular weight is 336 g/mol. The monoisotopic (exact) mass is 336 g/mol. The smallest absolute Gasteiger partial charge is 0.339 e. The predicted octanol–water partition coefficient (Wildman–Crippen LogP) is 2.43. The third-order valence-electron chi connectivity index (χ3n) is 3.75. The number of nitrogens with one attached hydrogen (secondary N) is 1. The number of ether oxygens (including phenoxy) is 1. The first kappa shape index (κ1) is 16.4. The number of pyridine rings is 1. The van der Waals surface area contributed by atoms with E-state index in [4.69, 9.17) is 0 Å². The summed E-state index contributed by atoms with van der Waals surface area (Å²) >= 11 is 0. The third kappa shape index (κ3) is 3.74. The molecule has 0 fully saturated rings. The SMILES string of the molecule is COC(=O)c1ccc(=O)n(CC(=O)Nc2ccc3ccccc3c2)c1. The van der Waals surface area contributed by atoms with Gasteiger partial charge < -0.3 is 14.6 Å². The van der Waals surface area contributed by atoms with E-state index in [1.807, 2.05) is 36.4 Å². The zero-order valence-electron chi connectivity index (χ0n) is 13.6. The lowest BCUT2D eigenvalue weighted by Gasteiger charge is -2.09. The Bertz CT molecular complexity index is 1010. The van der Waals surface area contributed by atoms with Crippen LogP contribution < -0.4 is 10.9 Å². The molecule has 0 aliphatic heterocycles. The Morgan fingerprint density at radius 2 is 1.80 bits per heavy atom. The van der Waals surface area contributed by atoms with E-state index >= 15 is 0 Å². The maximum absolute atomic E-state index is 12.2. The van der Waals surface area contributed by atoms with Crippen molar-refractivity contribution in [1.82, 2.24) is 4.57 Å². The number of anilines is 1. The molecule has 0 atom stereocenters. The molecule has 0 unspecified atom stereocenters. The third-order valence-corrected chi connectivity index (χ3v) is 3.75. The molecule has 6 heteroatoms. The molecule has 0 aliphatic rings. The molecular weight excluding hydrogens is 320 g/mol. The van der Waals surface area contributed by atoms with Crippen LogP contribution in [0.4, 0.5) is 5.69 Å². The van der Waals surface area contributed by atoms with Gasteiger partial charge >= 0.3 is 5.97 Å². The molecule has 126 valence electrons. The van der Waals surface area contributed by atoms with Crippen LogP contribution in [-0.2, 0) is 16.1 Å². The molecule has 25 heavy (non-hydrogen) atoms. The number of rotatable bonds is 4. The van der Waals surface area contributed by atoms with E-state index in [9.17, 15) is 14.4 Å². The highest BCUT2D eigenvalue weighted by molar-refractivity contribution is 5.94. The molecule has 0 radical (unpaired) electrons. The second-order valence-electron chi connectivity index (χ2n) is 5.49. The zero-order chi connectivity index (χ0) is 17.8. The van der Waals surface area contributed by atoms with E-state index in [-0.39, 0.29) is 23.6 Å². The number of methoxy groups -OCH3 is 1. The Morgan fingerprint density at radius 1 is 1.04 bits per heavy atom. The van der Waals surface area contributed by atoms with Crippen molar-refractivity contribution in [2.45, 2.75) is 6.54 Å². The van der Waals surface area contributed by atoms with Crippen LogP contribution in [0, 0.1) is 0 Å². The number of nitrogens with zero attached hydrogens (tertiary/aromatic N) is 1. The van der Waals surface area contributed by atoms with Crippen LogP contribution in [0.25, 0.3) is 10.8 Å². The lowest BCUT2D eigenvalue weighted by atomic mass is 10.1. The first-order valence-electron chi connectivity index (χ1n) is 7.64. The molecule has 3 aromatic rings. The molecule has 1 aromatic heterocycles. The minimum Gasteiger partial charge on any atom is -0.465 e. The first-order valence-corrected chi connectivity index (χ1v) is 7.64. The van der Waals surface area contributed by atoms with Crippen LogP contribution in [0.3, 0.4) is 0 Å². The van der Waals surface area contributed by atoms with Gasteiger partial charge in [0.1, 0.15) is 6.54 Å². The molecular formula is C19H16N2O4. The molecule has 1 heterocycles. The average Bonchev–Trinajstić information content (AvgIpc) is 2.62. The maximum Gasteiger partial charge on any atom is 0.339 e. The van der Waals surface area contributed by atoms with E-state index in [2.05, 4.69) is 10.1 Å². The molecule has 0 spiro atoms. The lowest BCUT2D eigenvalue weighted by molar-refractivity contribution is -0.116. The minimum atomic E-state index is -0.566. The van der Waals surface area contributed by atoms with E-state index in [1.54, 1.807) is 6.07 Å². The number of benzene rings is 2. The molecule has 1 amide bonds. The van der Waals surface area contributed by atoms with Gasteiger partial charge in [-0.2, -0.15) is 0 Å². The second kappa shape index (κ2) is 7.00. The largest absolute Gasteiger partial charge is 0.465 e. The van der Waals surface area contributed by atoms with Crippen molar-refractivity contribution in [3.05, 3.63) is 76.7 Å². The number of hydrogen-bond acceptors (Lipinski definition) is 4.